The van der Waals surface area contributed by atoms with E-state index in [0.717, 1.165) is 37.5 Å². The maximum Gasteiger partial charge on any atom is 0.227 e. The second-order valence-corrected chi connectivity index (χ2v) is 8.65. The zero-order valence-electron chi connectivity index (χ0n) is 19.7. The number of pyridine rings is 1. The van der Waals surface area contributed by atoms with Crippen LogP contribution in [0.3, 0.4) is 0 Å². The van der Waals surface area contributed by atoms with Gasteiger partial charge in [-0.2, -0.15) is 0 Å². The number of nitrogens with zero attached hydrogens (tertiary/aromatic N) is 4. The molecule has 0 spiro atoms. The number of aromatic nitrogens is 2. The minimum Gasteiger partial charge on any atom is -0.480 e. The number of benzene rings is 1. The molecule has 0 amide bonds. The van der Waals surface area contributed by atoms with Crippen molar-refractivity contribution in [1.82, 2.24) is 19.8 Å². The number of piperazine rings is 1. The van der Waals surface area contributed by atoms with Crippen molar-refractivity contribution in [2.24, 2.45) is 0 Å². The molecule has 0 aliphatic carbocycles. The average Bonchev–Trinajstić information content (AvgIpc) is 3.31. The lowest BCUT2D eigenvalue weighted by molar-refractivity contribution is 0.0992. The minimum absolute atomic E-state index is 0.259. The summed E-state index contributed by atoms with van der Waals surface area (Å²) in [6.45, 7) is 9.15. The standard InChI is InChI=1S/C25H30N6O3/c1-16(2)31-6-4-30(5-7-31)14-20-13-29-25(34-20)21-9-17(10-23(27)22(21)11-26)18-8-19(15-32)24(33-3)28-12-18/h8-13,15-16,26H,4-7,14,27H2,1-3H3. The van der Waals surface area contributed by atoms with Crippen molar-refractivity contribution >= 4 is 18.2 Å². The molecule has 2 aromatic heterocycles. The number of hydrogen-bond acceptors (Lipinski definition) is 9. The first kappa shape index (κ1) is 23.6. The molecule has 1 aromatic carbocycles. The molecule has 9 heteroatoms. The van der Waals surface area contributed by atoms with Crippen LogP contribution < -0.4 is 10.5 Å². The molecule has 1 aliphatic heterocycles. The van der Waals surface area contributed by atoms with Crippen molar-refractivity contribution in [2.45, 2.75) is 26.4 Å². The molecule has 0 atom stereocenters. The molecule has 1 saturated heterocycles. The van der Waals surface area contributed by atoms with Crippen LogP contribution in [0.2, 0.25) is 0 Å². The molecule has 9 nitrogen and oxygen atoms in total. The first-order valence-corrected chi connectivity index (χ1v) is 11.3. The SMILES string of the molecule is COc1ncc(-c2cc(N)c(C=N)c(-c3ncc(CN4CCN(C(C)C)CC4)o3)c2)cc1C=O. The van der Waals surface area contributed by atoms with Crippen molar-refractivity contribution in [2.75, 3.05) is 39.0 Å². The van der Waals surface area contributed by atoms with E-state index >= 15 is 0 Å². The third-order valence-electron chi connectivity index (χ3n) is 6.19. The van der Waals surface area contributed by atoms with E-state index in [-0.39, 0.29) is 5.88 Å². The van der Waals surface area contributed by atoms with Gasteiger partial charge in [-0.1, -0.05) is 0 Å². The number of rotatable bonds is 8. The Balaban J connectivity index is 1.61. The van der Waals surface area contributed by atoms with Gasteiger partial charge in [0.2, 0.25) is 11.8 Å². The average molecular weight is 463 g/mol. The summed E-state index contributed by atoms with van der Waals surface area (Å²) in [4.78, 5) is 25.0. The quantitative estimate of drug-likeness (QED) is 0.297. The number of hydrogen-bond donors (Lipinski definition) is 2. The van der Waals surface area contributed by atoms with Gasteiger partial charge in [0, 0.05) is 67.0 Å². The summed E-state index contributed by atoms with van der Waals surface area (Å²) in [7, 11) is 1.47. The van der Waals surface area contributed by atoms with Gasteiger partial charge < -0.3 is 20.3 Å². The molecule has 3 aromatic rings. The largest absolute Gasteiger partial charge is 0.480 e. The third-order valence-corrected chi connectivity index (χ3v) is 6.19. The van der Waals surface area contributed by atoms with Gasteiger partial charge in [-0.05, 0) is 37.6 Å². The molecular weight excluding hydrogens is 432 g/mol. The summed E-state index contributed by atoms with van der Waals surface area (Å²) in [6, 6.07) is 5.85. The molecule has 3 N–H and O–H groups in total. The van der Waals surface area contributed by atoms with Gasteiger partial charge in [0.05, 0.1) is 25.4 Å². The Morgan fingerprint density at radius 1 is 1.15 bits per heavy atom. The molecule has 1 aliphatic rings. The van der Waals surface area contributed by atoms with Crippen LogP contribution >= 0.6 is 0 Å². The predicted molar refractivity (Wildman–Crippen MR) is 131 cm³/mol. The lowest BCUT2D eigenvalue weighted by Crippen LogP contribution is -2.48. The van der Waals surface area contributed by atoms with Crippen LogP contribution in [0.4, 0.5) is 5.69 Å². The zero-order chi connectivity index (χ0) is 24.2. The molecule has 0 bridgehead atoms. The van der Waals surface area contributed by atoms with Crippen molar-refractivity contribution in [3.63, 3.8) is 0 Å². The lowest BCUT2D eigenvalue weighted by atomic mass is 9.98. The monoisotopic (exact) mass is 462 g/mol. The number of anilines is 1. The fourth-order valence-electron chi connectivity index (χ4n) is 4.23. The maximum atomic E-state index is 11.4. The van der Waals surface area contributed by atoms with E-state index in [1.807, 2.05) is 6.07 Å². The summed E-state index contributed by atoms with van der Waals surface area (Å²) < 4.78 is 11.2. The number of carbonyl (C=O) groups is 1. The van der Waals surface area contributed by atoms with Crippen LogP contribution in [-0.2, 0) is 6.54 Å². The maximum absolute atomic E-state index is 11.4. The summed E-state index contributed by atoms with van der Waals surface area (Å²) in [5.41, 5.74) is 9.61. The fraction of sp³-hybridized carbons (Fsp3) is 0.360. The van der Waals surface area contributed by atoms with E-state index in [1.54, 1.807) is 24.5 Å². The van der Waals surface area contributed by atoms with Gasteiger partial charge >= 0.3 is 0 Å². The highest BCUT2D eigenvalue weighted by atomic mass is 16.5. The zero-order valence-corrected chi connectivity index (χ0v) is 19.7. The van der Waals surface area contributed by atoms with E-state index in [1.165, 1.54) is 13.3 Å². The highest BCUT2D eigenvalue weighted by molar-refractivity contribution is 5.96. The number of nitrogen functional groups attached to an aromatic ring is 1. The van der Waals surface area contributed by atoms with Crippen molar-refractivity contribution in [3.05, 3.63) is 47.5 Å². The number of oxazole rings is 1. The van der Waals surface area contributed by atoms with E-state index < -0.39 is 0 Å². The Kier molecular flexibility index (Phi) is 7.04. The second kappa shape index (κ2) is 10.1. The first-order chi connectivity index (χ1) is 16.4. The lowest BCUT2D eigenvalue weighted by Gasteiger charge is -2.36. The Hall–Kier alpha value is -3.56. The smallest absolute Gasteiger partial charge is 0.227 e. The third kappa shape index (κ3) is 4.85. The second-order valence-electron chi connectivity index (χ2n) is 8.65. The molecule has 0 unspecified atom stereocenters. The Morgan fingerprint density at radius 2 is 1.91 bits per heavy atom. The number of ether oxygens (including phenoxy) is 1. The molecule has 178 valence electrons. The number of methoxy groups -OCH3 is 1. The highest BCUT2D eigenvalue weighted by Crippen LogP contribution is 2.33. The summed E-state index contributed by atoms with van der Waals surface area (Å²) in [6.07, 6.45) is 5.26. The van der Waals surface area contributed by atoms with Crippen molar-refractivity contribution in [1.29, 1.82) is 5.41 Å². The van der Waals surface area contributed by atoms with Crippen LogP contribution in [0.15, 0.2) is 35.0 Å². The Morgan fingerprint density at radius 3 is 2.56 bits per heavy atom. The van der Waals surface area contributed by atoms with E-state index in [2.05, 4.69) is 33.6 Å². The molecular formula is C25H30N6O3. The topological polar surface area (TPSA) is 122 Å². The normalized spacial score (nSPS) is 14.9. The minimum atomic E-state index is 0.259. The van der Waals surface area contributed by atoms with Crippen LogP contribution in [0, 0.1) is 5.41 Å². The molecule has 34 heavy (non-hydrogen) atoms. The predicted octanol–water partition coefficient (Wildman–Crippen LogP) is 3.33. The Bertz CT molecular complexity index is 1180. The summed E-state index contributed by atoms with van der Waals surface area (Å²) >= 11 is 0. The molecule has 0 saturated carbocycles. The summed E-state index contributed by atoms with van der Waals surface area (Å²) in [5, 5.41) is 7.87. The van der Waals surface area contributed by atoms with E-state index in [0.29, 0.717) is 52.7 Å². The van der Waals surface area contributed by atoms with Crippen molar-refractivity contribution < 1.29 is 13.9 Å². The first-order valence-electron chi connectivity index (χ1n) is 11.3. The number of nitrogens with one attached hydrogen (secondary N) is 1. The van der Waals surface area contributed by atoms with Gasteiger partial charge in [0.25, 0.3) is 0 Å². The number of carbonyl (C=O) groups excluding carboxylic acids is 1. The van der Waals surface area contributed by atoms with E-state index in [4.69, 9.17) is 20.3 Å². The number of aldehydes is 1. The van der Waals surface area contributed by atoms with Gasteiger partial charge in [-0.15, -0.1) is 0 Å². The van der Waals surface area contributed by atoms with Gasteiger partial charge in [-0.25, -0.2) is 9.97 Å². The van der Waals surface area contributed by atoms with Crippen LogP contribution in [0.1, 0.15) is 35.5 Å². The molecule has 0 radical (unpaired) electrons. The highest BCUT2D eigenvalue weighted by Gasteiger charge is 2.21. The van der Waals surface area contributed by atoms with Crippen molar-refractivity contribution in [3.8, 4) is 28.5 Å². The fourth-order valence-corrected chi connectivity index (χ4v) is 4.23. The van der Waals surface area contributed by atoms with Gasteiger partial charge in [-0.3, -0.25) is 14.6 Å². The molecule has 3 heterocycles. The van der Waals surface area contributed by atoms with E-state index in [9.17, 15) is 4.79 Å². The van der Waals surface area contributed by atoms with Crippen LogP contribution in [0.5, 0.6) is 5.88 Å². The Labute approximate surface area is 199 Å². The molecule has 1 fully saturated rings. The number of nitrogens with two attached hydrogens (primary N) is 1. The van der Waals surface area contributed by atoms with Gasteiger partial charge in [0.1, 0.15) is 5.76 Å². The van der Waals surface area contributed by atoms with Gasteiger partial charge in [0.15, 0.2) is 6.29 Å². The summed E-state index contributed by atoms with van der Waals surface area (Å²) in [5.74, 6) is 1.43. The molecule has 4 rings (SSSR count). The van der Waals surface area contributed by atoms with Crippen LogP contribution in [-0.4, -0.2) is 71.6 Å². The van der Waals surface area contributed by atoms with Crippen LogP contribution in [0.25, 0.3) is 22.6 Å².